The Morgan fingerprint density at radius 2 is 1.75 bits per heavy atom. The maximum atomic E-state index is 13.6. The maximum Gasteiger partial charge on any atom is 0.242 e. The summed E-state index contributed by atoms with van der Waals surface area (Å²) in [6, 6.07) is 5.93. The lowest BCUT2D eigenvalue weighted by Crippen LogP contribution is -2.42. The molecular formula is C30H41N3O7. The van der Waals surface area contributed by atoms with Crippen molar-refractivity contribution in [1.29, 1.82) is 0 Å². The van der Waals surface area contributed by atoms with Gasteiger partial charge in [-0.25, -0.2) is 0 Å². The van der Waals surface area contributed by atoms with Crippen LogP contribution < -0.4 is 35.6 Å². The number of carbonyl (C=O) groups excluding carboxylic acids is 2. The highest BCUT2D eigenvalue weighted by atomic mass is 16.5. The average Bonchev–Trinajstić information content (AvgIpc) is 3.15. The van der Waals surface area contributed by atoms with Crippen molar-refractivity contribution < 1.29 is 28.5 Å². The van der Waals surface area contributed by atoms with Crippen LogP contribution in [0.4, 0.5) is 5.69 Å². The van der Waals surface area contributed by atoms with Crippen molar-refractivity contribution in [2.24, 2.45) is 5.92 Å². The summed E-state index contributed by atoms with van der Waals surface area (Å²) in [7, 11) is 6.23. The zero-order valence-electron chi connectivity index (χ0n) is 24.4. The van der Waals surface area contributed by atoms with E-state index in [4.69, 9.17) is 18.9 Å². The number of methoxy groups -OCH3 is 4. The second-order valence-corrected chi connectivity index (χ2v) is 10.2. The van der Waals surface area contributed by atoms with E-state index in [0.29, 0.717) is 55.2 Å². The molecule has 0 spiro atoms. The highest BCUT2D eigenvalue weighted by Gasteiger charge is 2.30. The summed E-state index contributed by atoms with van der Waals surface area (Å²) >= 11 is 0. The van der Waals surface area contributed by atoms with Crippen LogP contribution >= 0.6 is 0 Å². The fraction of sp³-hybridized carbons (Fsp3) is 0.500. The fourth-order valence-electron chi connectivity index (χ4n) is 5.12. The lowest BCUT2D eigenvalue weighted by atomic mass is 9.95. The first-order valence-electron chi connectivity index (χ1n) is 13.5. The van der Waals surface area contributed by atoms with E-state index in [1.165, 1.54) is 6.92 Å². The van der Waals surface area contributed by atoms with Gasteiger partial charge in [0.25, 0.3) is 0 Å². The van der Waals surface area contributed by atoms with Crippen molar-refractivity contribution in [3.8, 4) is 28.4 Å². The number of carbonyl (C=O) groups is 2. The minimum atomic E-state index is -0.621. The summed E-state index contributed by atoms with van der Waals surface area (Å²) in [5.74, 6) is 1.23. The average molecular weight is 556 g/mol. The maximum absolute atomic E-state index is 13.6. The topological polar surface area (TPSA) is 124 Å². The quantitative estimate of drug-likeness (QED) is 0.340. The van der Waals surface area contributed by atoms with E-state index in [1.54, 1.807) is 40.6 Å². The molecule has 0 fully saturated rings. The van der Waals surface area contributed by atoms with Crippen LogP contribution in [0.5, 0.6) is 17.2 Å². The van der Waals surface area contributed by atoms with Gasteiger partial charge < -0.3 is 34.9 Å². The summed E-state index contributed by atoms with van der Waals surface area (Å²) in [5, 5.41) is 9.05. The molecule has 0 saturated heterocycles. The molecule has 1 aliphatic rings. The molecule has 1 aliphatic carbocycles. The van der Waals surface area contributed by atoms with Crippen LogP contribution in [0.2, 0.25) is 0 Å². The third-order valence-electron chi connectivity index (χ3n) is 6.87. The molecule has 0 saturated carbocycles. The monoisotopic (exact) mass is 555 g/mol. The molecular weight excluding hydrogens is 514 g/mol. The summed E-state index contributed by atoms with van der Waals surface area (Å²) in [5.41, 5.74) is 3.07. The Morgan fingerprint density at radius 3 is 2.35 bits per heavy atom. The van der Waals surface area contributed by atoms with Crippen LogP contribution in [0.1, 0.15) is 50.8 Å². The fourth-order valence-corrected chi connectivity index (χ4v) is 5.12. The van der Waals surface area contributed by atoms with Gasteiger partial charge in [0.15, 0.2) is 11.5 Å². The van der Waals surface area contributed by atoms with Crippen LogP contribution in [-0.4, -0.2) is 59.4 Å². The molecule has 10 nitrogen and oxygen atoms in total. The van der Waals surface area contributed by atoms with Crippen molar-refractivity contribution in [3.05, 3.63) is 45.6 Å². The molecule has 3 rings (SSSR count). The van der Waals surface area contributed by atoms with E-state index in [2.05, 4.69) is 16.0 Å². The molecule has 3 N–H and O–H groups in total. The highest BCUT2D eigenvalue weighted by molar-refractivity contribution is 5.86. The van der Waals surface area contributed by atoms with Gasteiger partial charge in [-0.2, -0.15) is 0 Å². The van der Waals surface area contributed by atoms with Crippen molar-refractivity contribution >= 4 is 17.5 Å². The molecule has 0 heterocycles. The van der Waals surface area contributed by atoms with E-state index in [-0.39, 0.29) is 28.8 Å². The molecule has 10 heteroatoms. The number of hydrogen-bond acceptors (Lipinski definition) is 8. The Balaban J connectivity index is 2.21. The first kappa shape index (κ1) is 30.7. The SMILES string of the molecule is COCCNC(=O)[C@H](CC(C)C)Nc1ccc2c(cc1=O)[C@@H](NC(C)=O)CCc1cc(OC)c(OC)c(OC)c1-2. The molecule has 2 atom stereocenters. The molecule has 40 heavy (non-hydrogen) atoms. The minimum Gasteiger partial charge on any atom is -0.493 e. The second kappa shape index (κ2) is 14.0. The largest absolute Gasteiger partial charge is 0.493 e. The molecule has 0 bridgehead atoms. The van der Waals surface area contributed by atoms with Crippen LogP contribution in [0.15, 0.2) is 29.1 Å². The number of hydrogen-bond donors (Lipinski definition) is 3. The first-order chi connectivity index (χ1) is 19.1. The zero-order chi connectivity index (χ0) is 29.4. The number of anilines is 1. The Morgan fingerprint density at radius 1 is 1.02 bits per heavy atom. The highest BCUT2D eigenvalue weighted by Crippen LogP contribution is 2.50. The van der Waals surface area contributed by atoms with E-state index in [9.17, 15) is 14.4 Å². The lowest BCUT2D eigenvalue weighted by Gasteiger charge is -2.20. The number of rotatable bonds is 12. The number of aryl methyl sites for hydroxylation is 1. The van der Waals surface area contributed by atoms with Crippen LogP contribution in [-0.2, 0) is 20.7 Å². The number of benzene rings is 1. The van der Waals surface area contributed by atoms with Crippen LogP contribution in [0.3, 0.4) is 0 Å². The smallest absolute Gasteiger partial charge is 0.242 e. The van der Waals surface area contributed by atoms with Gasteiger partial charge in [0.2, 0.25) is 23.0 Å². The third-order valence-corrected chi connectivity index (χ3v) is 6.87. The molecule has 0 aliphatic heterocycles. The number of fused-ring (bicyclic) bond motifs is 3. The predicted octanol–water partition coefficient (Wildman–Crippen LogP) is 3.45. The third kappa shape index (κ3) is 7.04. The van der Waals surface area contributed by atoms with Gasteiger partial charge in [0.05, 0.1) is 39.7 Å². The van der Waals surface area contributed by atoms with Gasteiger partial charge in [-0.15, -0.1) is 0 Å². The number of amides is 2. The van der Waals surface area contributed by atoms with Gasteiger partial charge in [-0.1, -0.05) is 19.9 Å². The minimum absolute atomic E-state index is 0.203. The normalized spacial score (nSPS) is 14.8. The van der Waals surface area contributed by atoms with E-state index >= 15 is 0 Å². The van der Waals surface area contributed by atoms with Gasteiger partial charge in [0, 0.05) is 26.1 Å². The summed E-state index contributed by atoms with van der Waals surface area (Å²) in [4.78, 5) is 38.8. The molecule has 2 aromatic rings. The summed E-state index contributed by atoms with van der Waals surface area (Å²) < 4.78 is 22.1. The molecule has 2 amide bonds. The van der Waals surface area contributed by atoms with Gasteiger partial charge in [-0.05, 0) is 60.1 Å². The number of ether oxygens (including phenoxy) is 4. The molecule has 0 unspecified atom stereocenters. The lowest BCUT2D eigenvalue weighted by molar-refractivity contribution is -0.122. The van der Waals surface area contributed by atoms with Crippen molar-refractivity contribution in [2.75, 3.05) is 46.9 Å². The molecule has 218 valence electrons. The zero-order valence-corrected chi connectivity index (χ0v) is 24.4. The second-order valence-electron chi connectivity index (χ2n) is 10.2. The predicted molar refractivity (Wildman–Crippen MR) is 154 cm³/mol. The van der Waals surface area contributed by atoms with E-state index in [0.717, 1.165) is 16.7 Å². The van der Waals surface area contributed by atoms with Gasteiger partial charge in [0.1, 0.15) is 6.04 Å². The standard InChI is InChI=1S/C30H41N3O7/c1-17(2)14-24(30(36)31-12-13-37-4)33-23-11-9-20-21(16-25(23)35)22(32-18(3)34)10-8-19-15-26(38-5)28(39-6)29(40-7)27(19)20/h9,11,15-17,22,24H,8,10,12-14H2,1-7H3,(H,31,36)(H,32,34)(H,33,35)/t22-,24-/m0/s1. The first-order valence-corrected chi connectivity index (χ1v) is 13.5. The summed E-state index contributed by atoms with van der Waals surface area (Å²) in [6.45, 7) is 6.25. The van der Waals surface area contributed by atoms with Crippen LogP contribution in [0, 0.1) is 5.92 Å². The Hall–Kier alpha value is -3.79. The van der Waals surface area contributed by atoms with E-state index in [1.807, 2.05) is 26.0 Å². The molecule has 2 aromatic carbocycles. The van der Waals surface area contributed by atoms with E-state index < -0.39 is 12.1 Å². The molecule has 0 aromatic heterocycles. The number of nitrogens with one attached hydrogen (secondary N) is 3. The molecule has 0 radical (unpaired) electrons. The van der Waals surface area contributed by atoms with Crippen molar-refractivity contribution in [2.45, 2.75) is 52.1 Å². The van der Waals surface area contributed by atoms with Gasteiger partial charge >= 0.3 is 0 Å². The van der Waals surface area contributed by atoms with Gasteiger partial charge in [-0.3, -0.25) is 14.4 Å². The summed E-state index contributed by atoms with van der Waals surface area (Å²) in [6.07, 6.45) is 1.69. The Labute approximate surface area is 235 Å². The Kier molecular flexibility index (Phi) is 10.8. The van der Waals surface area contributed by atoms with Crippen LogP contribution in [0.25, 0.3) is 11.1 Å². The Bertz CT molecular complexity index is 1280. The van der Waals surface area contributed by atoms with Crippen molar-refractivity contribution in [3.63, 3.8) is 0 Å². The van der Waals surface area contributed by atoms with Crippen molar-refractivity contribution in [1.82, 2.24) is 10.6 Å².